The van der Waals surface area contributed by atoms with Gasteiger partial charge in [-0.1, -0.05) is 35.6 Å². The Hall–Kier alpha value is -4.11. The molecule has 5 rings (SSSR count). The van der Waals surface area contributed by atoms with Crippen molar-refractivity contribution in [3.8, 4) is 11.8 Å². The van der Waals surface area contributed by atoms with Crippen LogP contribution in [0.3, 0.4) is 0 Å². The zero-order valence-corrected chi connectivity index (χ0v) is 23.1. The maximum atomic E-state index is 14.0. The topological polar surface area (TPSA) is 91.8 Å². The van der Waals surface area contributed by atoms with Gasteiger partial charge in [0, 0.05) is 61.3 Å². The van der Waals surface area contributed by atoms with E-state index in [2.05, 4.69) is 32.1 Å². The van der Waals surface area contributed by atoms with Crippen LogP contribution in [0.5, 0.6) is 0 Å². The Morgan fingerprint density at radius 2 is 1.85 bits per heavy atom. The number of amides is 1. The van der Waals surface area contributed by atoms with E-state index in [1.165, 1.54) is 16.6 Å². The Kier molecular flexibility index (Phi) is 7.91. The summed E-state index contributed by atoms with van der Waals surface area (Å²) in [4.78, 5) is 21.2. The van der Waals surface area contributed by atoms with Crippen LogP contribution in [0.4, 0.5) is 24.8 Å². The number of rotatable bonds is 4. The first-order valence-corrected chi connectivity index (χ1v) is 13.2. The van der Waals surface area contributed by atoms with Gasteiger partial charge in [0.25, 0.3) is 5.91 Å². The maximum absolute atomic E-state index is 14.0. The summed E-state index contributed by atoms with van der Waals surface area (Å²) in [7, 11) is 1.99. The molecule has 1 saturated heterocycles. The van der Waals surface area contributed by atoms with E-state index in [1.54, 1.807) is 30.5 Å². The lowest BCUT2D eigenvalue weighted by Crippen LogP contribution is -2.44. The van der Waals surface area contributed by atoms with Crippen molar-refractivity contribution in [1.29, 1.82) is 0 Å². The third kappa shape index (κ3) is 6.62. The van der Waals surface area contributed by atoms with Gasteiger partial charge < -0.3 is 16.0 Å². The highest BCUT2D eigenvalue weighted by atomic mass is 35.5. The fourth-order valence-corrected chi connectivity index (χ4v) is 4.82. The number of benzene rings is 2. The number of halogens is 4. The Labute approximate surface area is 239 Å². The fraction of sp³-hybridized carbons (Fsp3) is 0.276. The lowest BCUT2D eigenvalue weighted by Gasteiger charge is -2.33. The van der Waals surface area contributed by atoms with Gasteiger partial charge in [0.1, 0.15) is 0 Å². The van der Waals surface area contributed by atoms with Crippen molar-refractivity contribution >= 4 is 34.8 Å². The molecule has 4 aromatic rings. The van der Waals surface area contributed by atoms with Crippen LogP contribution in [-0.2, 0) is 12.7 Å². The van der Waals surface area contributed by atoms with Gasteiger partial charge in [-0.3, -0.25) is 9.69 Å². The Morgan fingerprint density at radius 3 is 2.59 bits per heavy atom. The Balaban J connectivity index is 1.35. The molecule has 41 heavy (non-hydrogen) atoms. The first kappa shape index (κ1) is 28.4. The number of carbonyl (C=O) groups is 1. The lowest BCUT2D eigenvalue weighted by atomic mass is 10.0. The molecule has 8 nitrogen and oxygen atoms in total. The molecule has 1 fully saturated rings. The SMILES string of the molecule is Cc1ccc(C(=O)Nc2ccc(CN3CCN(C)CC3)c(C(F)(F)F)c2)cc1C#Cc1cc(Cl)c2nc(N)nn2c1. The quantitative estimate of drug-likeness (QED) is 0.340. The van der Waals surface area contributed by atoms with Crippen LogP contribution in [0.15, 0.2) is 48.7 Å². The maximum Gasteiger partial charge on any atom is 0.416 e. The van der Waals surface area contributed by atoms with Gasteiger partial charge >= 0.3 is 6.18 Å². The molecule has 0 radical (unpaired) electrons. The molecule has 0 atom stereocenters. The fourth-order valence-electron chi connectivity index (χ4n) is 4.57. The highest BCUT2D eigenvalue weighted by Crippen LogP contribution is 2.35. The van der Waals surface area contributed by atoms with E-state index >= 15 is 0 Å². The van der Waals surface area contributed by atoms with E-state index in [0.29, 0.717) is 34.9 Å². The van der Waals surface area contributed by atoms with Crippen molar-refractivity contribution in [1.82, 2.24) is 24.4 Å². The number of nitrogens with one attached hydrogen (secondary N) is 1. The number of pyridine rings is 1. The number of alkyl halides is 3. The van der Waals surface area contributed by atoms with Crippen molar-refractivity contribution in [2.75, 3.05) is 44.3 Å². The summed E-state index contributed by atoms with van der Waals surface area (Å²) in [5.41, 5.74) is 7.74. The molecule has 2 aromatic carbocycles. The first-order chi connectivity index (χ1) is 19.5. The van der Waals surface area contributed by atoms with Gasteiger partial charge in [-0.05, 0) is 55.4 Å². The van der Waals surface area contributed by atoms with Gasteiger partial charge in [-0.15, -0.1) is 5.10 Å². The number of anilines is 2. The van der Waals surface area contributed by atoms with Gasteiger partial charge in [-0.2, -0.15) is 18.2 Å². The summed E-state index contributed by atoms with van der Waals surface area (Å²) >= 11 is 6.26. The number of fused-ring (bicyclic) bond motifs is 1. The molecule has 1 amide bonds. The van der Waals surface area contributed by atoms with Crippen LogP contribution in [0.1, 0.15) is 38.2 Å². The monoisotopic (exact) mass is 581 g/mol. The second-order valence-corrected chi connectivity index (χ2v) is 10.4. The minimum atomic E-state index is -4.56. The molecule has 1 aliphatic heterocycles. The molecule has 0 unspecified atom stereocenters. The molecule has 0 aliphatic carbocycles. The smallest absolute Gasteiger partial charge is 0.366 e. The summed E-state index contributed by atoms with van der Waals surface area (Å²) in [6.45, 7) is 5.04. The first-order valence-electron chi connectivity index (χ1n) is 12.8. The largest absolute Gasteiger partial charge is 0.416 e. The number of nitrogens with two attached hydrogens (primary N) is 1. The second-order valence-electron chi connectivity index (χ2n) is 10.00. The number of carbonyl (C=O) groups excluding carboxylic acids is 1. The van der Waals surface area contributed by atoms with Crippen molar-refractivity contribution < 1.29 is 18.0 Å². The zero-order valence-electron chi connectivity index (χ0n) is 22.4. The molecule has 212 valence electrons. The standard InChI is InChI=1S/C29H27ClF3N7O/c1-18-3-5-21(14-20(18)6-4-19-13-25(30)26-36-28(34)37-40(26)16-19)27(41)35-23-8-7-22(24(15-23)29(31,32)33)17-39-11-9-38(2)10-12-39/h3,5,7-8,13-16H,9-12,17H2,1-2H3,(H2,34,37)(H,35,41). The molecule has 12 heteroatoms. The molecule has 0 saturated carbocycles. The van der Waals surface area contributed by atoms with Crippen LogP contribution in [0.2, 0.25) is 5.02 Å². The Morgan fingerprint density at radius 1 is 1.10 bits per heavy atom. The highest BCUT2D eigenvalue weighted by Gasteiger charge is 2.34. The van der Waals surface area contributed by atoms with Crippen LogP contribution < -0.4 is 11.1 Å². The number of aryl methyl sites for hydroxylation is 1. The summed E-state index contributed by atoms with van der Waals surface area (Å²) in [6, 6.07) is 10.5. The third-order valence-corrected chi connectivity index (χ3v) is 7.19. The average molecular weight is 582 g/mol. The lowest BCUT2D eigenvalue weighted by molar-refractivity contribution is -0.138. The highest BCUT2D eigenvalue weighted by molar-refractivity contribution is 6.33. The predicted molar refractivity (Wildman–Crippen MR) is 152 cm³/mol. The van der Waals surface area contributed by atoms with E-state index in [1.807, 2.05) is 18.9 Å². The van der Waals surface area contributed by atoms with Crippen molar-refractivity contribution in [3.63, 3.8) is 0 Å². The van der Waals surface area contributed by atoms with E-state index in [4.69, 9.17) is 17.3 Å². The summed E-state index contributed by atoms with van der Waals surface area (Å²) in [5, 5.41) is 6.98. The summed E-state index contributed by atoms with van der Waals surface area (Å²) < 4.78 is 43.3. The number of hydrogen-bond donors (Lipinski definition) is 2. The number of aromatic nitrogens is 3. The molecular weight excluding hydrogens is 555 g/mol. The van der Waals surface area contributed by atoms with Crippen LogP contribution in [-0.4, -0.2) is 63.5 Å². The normalized spacial score (nSPS) is 14.6. The van der Waals surface area contributed by atoms with Crippen molar-refractivity contribution in [2.24, 2.45) is 0 Å². The molecular formula is C29H27ClF3N7O. The average Bonchev–Trinajstić information content (AvgIpc) is 3.30. The van der Waals surface area contributed by atoms with Gasteiger partial charge in [-0.25, -0.2) is 4.52 Å². The number of likely N-dealkylation sites (N-methyl/N-ethyl adjacent to an activating group) is 1. The number of nitrogens with zero attached hydrogens (tertiary/aromatic N) is 5. The number of nitrogen functional groups attached to an aromatic ring is 1. The number of piperazine rings is 1. The Bertz CT molecular complexity index is 1680. The van der Waals surface area contributed by atoms with Crippen LogP contribution >= 0.6 is 11.6 Å². The molecule has 3 N–H and O–H groups in total. The second kappa shape index (κ2) is 11.4. The number of hydrogen-bond acceptors (Lipinski definition) is 6. The van der Waals surface area contributed by atoms with E-state index in [0.717, 1.165) is 24.7 Å². The minimum absolute atomic E-state index is 0.0627. The van der Waals surface area contributed by atoms with E-state index in [9.17, 15) is 18.0 Å². The van der Waals surface area contributed by atoms with Gasteiger partial charge in [0.05, 0.1) is 10.6 Å². The molecule has 0 bridgehead atoms. The minimum Gasteiger partial charge on any atom is -0.366 e. The molecule has 3 heterocycles. The van der Waals surface area contributed by atoms with Crippen LogP contribution in [0.25, 0.3) is 5.65 Å². The third-order valence-electron chi connectivity index (χ3n) is 6.91. The summed E-state index contributed by atoms with van der Waals surface area (Å²) in [5.74, 6) is 5.56. The van der Waals surface area contributed by atoms with E-state index in [-0.39, 0.29) is 29.3 Å². The zero-order chi connectivity index (χ0) is 29.3. The molecule has 1 aliphatic rings. The summed E-state index contributed by atoms with van der Waals surface area (Å²) in [6.07, 6.45) is -2.92. The predicted octanol–water partition coefficient (Wildman–Crippen LogP) is 4.69. The van der Waals surface area contributed by atoms with Crippen LogP contribution in [0, 0.1) is 18.8 Å². The molecule has 2 aromatic heterocycles. The van der Waals surface area contributed by atoms with Gasteiger partial charge in [0.15, 0.2) is 5.65 Å². The van der Waals surface area contributed by atoms with E-state index < -0.39 is 17.6 Å². The van der Waals surface area contributed by atoms with Crippen molar-refractivity contribution in [3.05, 3.63) is 87.1 Å². The van der Waals surface area contributed by atoms with Gasteiger partial charge in [0.2, 0.25) is 5.95 Å². The van der Waals surface area contributed by atoms with Crippen molar-refractivity contribution in [2.45, 2.75) is 19.6 Å². The molecule has 0 spiro atoms.